The number of esters is 1. The van der Waals surface area contributed by atoms with Gasteiger partial charge in [0.25, 0.3) is 0 Å². The summed E-state index contributed by atoms with van der Waals surface area (Å²) in [5.74, 6) is -1.23. The van der Waals surface area contributed by atoms with E-state index in [9.17, 15) is 9.59 Å². The van der Waals surface area contributed by atoms with Crippen LogP contribution in [0.1, 0.15) is 39.7 Å². The number of rotatable bonds is 4. The number of nitrogens with zero attached hydrogens (tertiary/aromatic N) is 1. The number of fused-ring (bicyclic) bond motifs is 1. The molecule has 4 rings (SSSR count). The summed E-state index contributed by atoms with van der Waals surface area (Å²) >= 11 is 7.74. The van der Waals surface area contributed by atoms with Crippen LogP contribution in [-0.4, -0.2) is 38.0 Å². The molecule has 6 nitrogen and oxygen atoms in total. The molecule has 0 N–H and O–H groups in total. The molecule has 0 unspecified atom stereocenters. The predicted octanol–water partition coefficient (Wildman–Crippen LogP) is 3.97. The summed E-state index contributed by atoms with van der Waals surface area (Å²) in [5.41, 5.74) is 2.19. The third kappa shape index (κ3) is 3.80. The van der Waals surface area contributed by atoms with Gasteiger partial charge in [0.15, 0.2) is 5.79 Å². The van der Waals surface area contributed by atoms with Crippen LogP contribution in [0.3, 0.4) is 0 Å². The van der Waals surface area contributed by atoms with Gasteiger partial charge in [-0.1, -0.05) is 29.8 Å². The number of hydrogen-bond donors (Lipinski definition) is 0. The first kappa shape index (κ1) is 20.3. The fourth-order valence-electron chi connectivity index (χ4n) is 3.92. The second-order valence-corrected chi connectivity index (χ2v) is 8.65. The minimum Gasteiger partial charge on any atom is -0.465 e. The Morgan fingerprint density at radius 1 is 1.28 bits per heavy atom. The summed E-state index contributed by atoms with van der Waals surface area (Å²) in [6.07, 6.45) is 1.87. The Morgan fingerprint density at radius 3 is 2.66 bits per heavy atom. The summed E-state index contributed by atoms with van der Waals surface area (Å²) in [6.45, 7) is 2.91. The lowest BCUT2D eigenvalue weighted by atomic mass is 9.90. The number of carbonyl (C=O) groups is 2. The monoisotopic (exact) mass is 435 g/mol. The van der Waals surface area contributed by atoms with Crippen LogP contribution < -0.4 is 4.90 Å². The van der Waals surface area contributed by atoms with Gasteiger partial charge >= 0.3 is 5.97 Å². The van der Waals surface area contributed by atoms with Crippen molar-refractivity contribution in [2.75, 3.05) is 25.2 Å². The summed E-state index contributed by atoms with van der Waals surface area (Å²) < 4.78 is 16.8. The smallest absolute Gasteiger partial charge is 0.341 e. The first-order valence-electron chi connectivity index (χ1n) is 9.46. The number of thiophene rings is 1. The Hall–Kier alpha value is -1.93. The minimum absolute atomic E-state index is 0.170. The standard InChI is InChI=1S/C21H22ClNO5S/c1-13(24)23(12-14-5-3-4-6-16(14)22)19-18(20(25)26-2)15-7-8-21(11-17(15)29-19)27-9-10-28-21/h3-6H,7-12H2,1-2H3. The first-order chi connectivity index (χ1) is 13.9. The Kier molecular flexibility index (Phi) is 5.66. The molecule has 0 atom stereocenters. The van der Waals surface area contributed by atoms with E-state index in [1.165, 1.54) is 25.4 Å². The zero-order chi connectivity index (χ0) is 20.6. The molecule has 1 fully saturated rings. The molecule has 1 saturated heterocycles. The van der Waals surface area contributed by atoms with Crippen molar-refractivity contribution in [1.29, 1.82) is 0 Å². The zero-order valence-electron chi connectivity index (χ0n) is 16.3. The van der Waals surface area contributed by atoms with Gasteiger partial charge in [-0.2, -0.15) is 0 Å². The molecule has 0 radical (unpaired) electrons. The van der Waals surface area contributed by atoms with E-state index < -0.39 is 11.8 Å². The zero-order valence-corrected chi connectivity index (χ0v) is 17.9. The van der Waals surface area contributed by atoms with Crippen molar-refractivity contribution in [3.05, 3.63) is 50.9 Å². The number of carbonyl (C=O) groups excluding carboxylic acids is 2. The molecular formula is C21H22ClNO5S. The SMILES string of the molecule is COC(=O)c1c(N(Cc2ccccc2Cl)C(C)=O)sc2c1CCC1(C2)OCCO1. The average Bonchev–Trinajstić information content (AvgIpc) is 3.31. The lowest BCUT2D eigenvalue weighted by molar-refractivity contribution is -0.163. The molecular weight excluding hydrogens is 414 g/mol. The summed E-state index contributed by atoms with van der Waals surface area (Å²) in [7, 11) is 1.36. The van der Waals surface area contributed by atoms with E-state index in [0.717, 1.165) is 16.0 Å². The molecule has 154 valence electrons. The fourth-order valence-corrected chi connectivity index (χ4v) is 5.58. The molecule has 1 aromatic heterocycles. The van der Waals surface area contributed by atoms with Crippen LogP contribution in [0.2, 0.25) is 5.02 Å². The molecule has 2 aliphatic rings. The number of hydrogen-bond acceptors (Lipinski definition) is 6. The molecule has 2 aromatic rings. The second kappa shape index (κ2) is 8.07. The second-order valence-electron chi connectivity index (χ2n) is 7.16. The van der Waals surface area contributed by atoms with Crippen molar-refractivity contribution < 1.29 is 23.8 Å². The molecule has 1 spiro atoms. The van der Waals surface area contributed by atoms with Gasteiger partial charge in [0, 0.05) is 29.7 Å². The minimum atomic E-state index is -0.619. The number of halogens is 1. The molecule has 29 heavy (non-hydrogen) atoms. The van der Waals surface area contributed by atoms with Crippen molar-refractivity contribution >= 4 is 39.8 Å². The van der Waals surface area contributed by atoms with Gasteiger partial charge in [-0.3, -0.25) is 9.69 Å². The van der Waals surface area contributed by atoms with E-state index in [1.54, 1.807) is 11.0 Å². The van der Waals surface area contributed by atoms with Gasteiger partial charge in [-0.15, -0.1) is 11.3 Å². The van der Waals surface area contributed by atoms with Crippen LogP contribution in [0, 0.1) is 0 Å². The molecule has 8 heteroatoms. The lowest BCUT2D eigenvalue weighted by Crippen LogP contribution is -2.36. The highest BCUT2D eigenvalue weighted by molar-refractivity contribution is 7.17. The molecule has 1 aliphatic heterocycles. The number of ether oxygens (including phenoxy) is 3. The first-order valence-corrected chi connectivity index (χ1v) is 10.7. The number of methoxy groups -OCH3 is 1. The molecule has 1 aromatic carbocycles. The van der Waals surface area contributed by atoms with E-state index in [4.69, 9.17) is 25.8 Å². The fraction of sp³-hybridized carbons (Fsp3) is 0.429. The van der Waals surface area contributed by atoms with Crippen LogP contribution in [-0.2, 0) is 38.4 Å². The van der Waals surface area contributed by atoms with Gasteiger partial charge in [-0.05, 0) is 23.6 Å². The van der Waals surface area contributed by atoms with Crippen molar-refractivity contribution in [2.45, 2.75) is 38.5 Å². The van der Waals surface area contributed by atoms with Crippen molar-refractivity contribution in [3.63, 3.8) is 0 Å². The third-order valence-corrected chi connectivity index (χ3v) is 7.00. The van der Waals surface area contributed by atoms with Gasteiger partial charge in [0.05, 0.1) is 32.4 Å². The highest BCUT2D eigenvalue weighted by Crippen LogP contribution is 2.45. The quantitative estimate of drug-likeness (QED) is 0.680. The maximum absolute atomic E-state index is 12.7. The van der Waals surface area contributed by atoms with E-state index in [-0.39, 0.29) is 12.5 Å². The topological polar surface area (TPSA) is 65.1 Å². The van der Waals surface area contributed by atoms with Crippen LogP contribution >= 0.6 is 22.9 Å². The summed E-state index contributed by atoms with van der Waals surface area (Å²) in [4.78, 5) is 27.9. The number of anilines is 1. The Bertz CT molecular complexity index is 951. The van der Waals surface area contributed by atoms with Crippen LogP contribution in [0.4, 0.5) is 5.00 Å². The Labute approximate surface area is 178 Å². The normalized spacial score (nSPS) is 17.2. The maximum atomic E-state index is 12.7. The van der Waals surface area contributed by atoms with Gasteiger partial charge in [0.1, 0.15) is 5.00 Å². The van der Waals surface area contributed by atoms with Crippen LogP contribution in [0.25, 0.3) is 0 Å². The lowest BCUT2D eigenvalue weighted by Gasteiger charge is -2.31. The van der Waals surface area contributed by atoms with E-state index >= 15 is 0 Å². The van der Waals surface area contributed by atoms with Gasteiger partial charge in [0.2, 0.25) is 5.91 Å². The van der Waals surface area contributed by atoms with Gasteiger partial charge in [-0.25, -0.2) is 4.79 Å². The van der Waals surface area contributed by atoms with Crippen LogP contribution in [0.5, 0.6) is 0 Å². The van der Waals surface area contributed by atoms with Gasteiger partial charge < -0.3 is 14.2 Å². The number of benzene rings is 1. The summed E-state index contributed by atoms with van der Waals surface area (Å²) in [6, 6.07) is 7.38. The molecule has 1 aliphatic carbocycles. The molecule has 1 amide bonds. The Morgan fingerprint density at radius 2 is 2.00 bits per heavy atom. The third-order valence-electron chi connectivity index (χ3n) is 5.37. The van der Waals surface area contributed by atoms with E-state index in [1.807, 2.05) is 18.2 Å². The van der Waals surface area contributed by atoms with E-state index in [0.29, 0.717) is 48.1 Å². The van der Waals surface area contributed by atoms with Crippen molar-refractivity contribution in [3.8, 4) is 0 Å². The molecule has 2 heterocycles. The largest absolute Gasteiger partial charge is 0.465 e. The Balaban J connectivity index is 1.77. The number of amides is 1. The van der Waals surface area contributed by atoms with Crippen molar-refractivity contribution in [1.82, 2.24) is 0 Å². The highest BCUT2D eigenvalue weighted by Gasteiger charge is 2.43. The van der Waals surface area contributed by atoms with E-state index in [2.05, 4.69) is 0 Å². The molecule has 0 saturated carbocycles. The van der Waals surface area contributed by atoms with Crippen LogP contribution in [0.15, 0.2) is 24.3 Å². The predicted molar refractivity (Wildman–Crippen MR) is 111 cm³/mol. The van der Waals surface area contributed by atoms with Crippen molar-refractivity contribution in [2.24, 2.45) is 0 Å². The average molecular weight is 436 g/mol. The highest BCUT2D eigenvalue weighted by atomic mass is 35.5. The maximum Gasteiger partial charge on any atom is 0.341 e. The summed E-state index contributed by atoms with van der Waals surface area (Å²) in [5, 5.41) is 1.16. The molecule has 0 bridgehead atoms.